The van der Waals surface area contributed by atoms with Crippen molar-refractivity contribution in [1.29, 1.82) is 0 Å². The second-order valence-corrected chi connectivity index (χ2v) is 20.2. The first kappa shape index (κ1) is 23.4. The summed E-state index contributed by atoms with van der Waals surface area (Å²) in [5.74, 6) is 0. The summed E-state index contributed by atoms with van der Waals surface area (Å²) in [5, 5.41) is 0. The van der Waals surface area contributed by atoms with Crippen LogP contribution in [0.15, 0.2) is 0 Å². The topological polar surface area (TPSA) is 0 Å². The van der Waals surface area contributed by atoms with Crippen molar-refractivity contribution in [1.82, 2.24) is 0 Å². The first-order valence-corrected chi connectivity index (χ1v) is 17.7. The van der Waals surface area contributed by atoms with Crippen molar-refractivity contribution in [2.75, 3.05) is 0 Å². The zero-order valence-electron chi connectivity index (χ0n) is 17.6. The van der Waals surface area contributed by atoms with Gasteiger partial charge in [-0.05, 0) is 0 Å². The quantitative estimate of drug-likeness (QED) is 0.191. The average Bonchev–Trinajstić information content (AvgIpc) is 2.50. The molecule has 23 heavy (non-hydrogen) atoms. The van der Waals surface area contributed by atoms with Gasteiger partial charge in [-0.3, -0.25) is 0 Å². The Morgan fingerprint density at radius 2 is 0.739 bits per heavy atom. The number of hydrogen-bond donors (Lipinski definition) is 0. The molecule has 0 unspecified atom stereocenters. The lowest BCUT2D eigenvalue weighted by atomic mass is 10.1. The summed E-state index contributed by atoms with van der Waals surface area (Å²) in [6, 6.07) is 6.35. The van der Waals surface area contributed by atoms with Gasteiger partial charge in [0.05, 0.1) is 0 Å². The minimum Gasteiger partial charge on any atom is -0.0694 e. The van der Waals surface area contributed by atoms with E-state index in [4.69, 9.17) is 0 Å². The SMILES string of the molecule is CCCCCCCCCCC[Si](C)(C)CC[Si](C)(C)CCCC. The average molecular weight is 357 g/mol. The van der Waals surface area contributed by atoms with Crippen LogP contribution in [0, 0.1) is 0 Å². The van der Waals surface area contributed by atoms with Crippen molar-refractivity contribution >= 4 is 16.1 Å². The van der Waals surface area contributed by atoms with Gasteiger partial charge >= 0.3 is 0 Å². The highest BCUT2D eigenvalue weighted by atomic mass is 28.3. The highest BCUT2D eigenvalue weighted by Crippen LogP contribution is 2.28. The molecule has 0 heterocycles. The third kappa shape index (κ3) is 15.7. The van der Waals surface area contributed by atoms with Gasteiger partial charge in [-0.1, -0.05) is 135 Å². The third-order valence-electron chi connectivity index (χ3n) is 5.64. The predicted molar refractivity (Wildman–Crippen MR) is 116 cm³/mol. The zero-order chi connectivity index (χ0) is 17.6. The monoisotopic (exact) mass is 356 g/mol. The molecule has 0 aromatic rings. The van der Waals surface area contributed by atoms with Gasteiger partial charge in [0.2, 0.25) is 0 Å². The van der Waals surface area contributed by atoms with E-state index in [1.54, 1.807) is 24.2 Å². The molecule has 0 spiro atoms. The summed E-state index contributed by atoms with van der Waals surface area (Å²) in [7, 11) is -1.78. The molecule has 0 N–H and O–H groups in total. The van der Waals surface area contributed by atoms with Crippen LogP contribution >= 0.6 is 0 Å². The molecule has 0 aliphatic carbocycles. The second kappa shape index (κ2) is 13.7. The van der Waals surface area contributed by atoms with Crippen LogP contribution in [0.5, 0.6) is 0 Å². The van der Waals surface area contributed by atoms with Gasteiger partial charge in [0, 0.05) is 16.1 Å². The van der Waals surface area contributed by atoms with Gasteiger partial charge in [-0.25, -0.2) is 0 Å². The minimum absolute atomic E-state index is 0.876. The van der Waals surface area contributed by atoms with Crippen LogP contribution in [0.4, 0.5) is 0 Å². The maximum atomic E-state index is 2.65. The second-order valence-electron chi connectivity index (χ2n) is 9.51. The van der Waals surface area contributed by atoms with E-state index in [0.717, 1.165) is 0 Å². The maximum Gasteiger partial charge on any atom is 0.0470 e. The number of hydrogen-bond acceptors (Lipinski definition) is 0. The third-order valence-corrected chi connectivity index (χ3v) is 12.8. The van der Waals surface area contributed by atoms with E-state index in [1.165, 1.54) is 70.6 Å². The Kier molecular flexibility index (Phi) is 14.0. The lowest BCUT2D eigenvalue weighted by Crippen LogP contribution is -2.32. The van der Waals surface area contributed by atoms with Crippen LogP contribution in [0.25, 0.3) is 0 Å². The smallest absolute Gasteiger partial charge is 0.0470 e. The van der Waals surface area contributed by atoms with Gasteiger partial charge in [-0.2, -0.15) is 0 Å². The van der Waals surface area contributed by atoms with Crippen molar-refractivity contribution in [3.63, 3.8) is 0 Å². The standard InChI is InChI=1S/C21H48Si2/c1-7-9-11-12-13-14-15-16-17-19-23(5,6)21-20-22(3,4)18-10-8-2/h7-21H2,1-6H3. The summed E-state index contributed by atoms with van der Waals surface area (Å²) in [4.78, 5) is 0. The molecule has 0 atom stereocenters. The number of rotatable bonds is 16. The largest absolute Gasteiger partial charge is 0.0694 e. The Hall–Kier alpha value is 0.434. The van der Waals surface area contributed by atoms with Crippen molar-refractivity contribution in [2.45, 2.75) is 135 Å². The molecule has 140 valence electrons. The summed E-state index contributed by atoms with van der Waals surface area (Å²) in [6.07, 6.45) is 16.1. The van der Waals surface area contributed by atoms with Crippen molar-refractivity contribution in [3.05, 3.63) is 0 Å². The van der Waals surface area contributed by atoms with Crippen LogP contribution in [0.2, 0.25) is 50.4 Å². The van der Waals surface area contributed by atoms with E-state index < -0.39 is 16.1 Å². The Labute approximate surface area is 151 Å². The molecule has 0 radical (unpaired) electrons. The summed E-state index contributed by atoms with van der Waals surface area (Å²) in [5.41, 5.74) is 0. The molecule has 0 rings (SSSR count). The van der Waals surface area contributed by atoms with Gasteiger partial charge in [0.1, 0.15) is 0 Å². The Bertz CT molecular complexity index is 259. The normalized spacial score (nSPS) is 12.8. The molecule has 0 aromatic heterocycles. The van der Waals surface area contributed by atoms with Crippen LogP contribution in [-0.2, 0) is 0 Å². The lowest BCUT2D eigenvalue weighted by Gasteiger charge is -2.29. The molecular weight excluding hydrogens is 308 g/mol. The Balaban J connectivity index is 3.64. The van der Waals surface area contributed by atoms with Crippen molar-refractivity contribution in [3.8, 4) is 0 Å². The predicted octanol–water partition coefficient (Wildman–Crippen LogP) is 8.73. The Morgan fingerprint density at radius 3 is 1.17 bits per heavy atom. The molecule has 0 nitrogen and oxygen atoms in total. The lowest BCUT2D eigenvalue weighted by molar-refractivity contribution is 0.571. The van der Waals surface area contributed by atoms with Crippen LogP contribution in [-0.4, -0.2) is 16.1 Å². The van der Waals surface area contributed by atoms with Gasteiger partial charge in [-0.15, -0.1) is 0 Å². The van der Waals surface area contributed by atoms with Crippen LogP contribution < -0.4 is 0 Å². The Morgan fingerprint density at radius 1 is 0.391 bits per heavy atom. The van der Waals surface area contributed by atoms with E-state index in [9.17, 15) is 0 Å². The highest BCUT2D eigenvalue weighted by molar-refractivity contribution is 6.82. The fourth-order valence-corrected chi connectivity index (χ4v) is 11.9. The van der Waals surface area contributed by atoms with E-state index >= 15 is 0 Å². The molecule has 0 saturated carbocycles. The van der Waals surface area contributed by atoms with E-state index in [-0.39, 0.29) is 0 Å². The first-order valence-electron chi connectivity index (χ1n) is 10.8. The maximum absolute atomic E-state index is 2.65. The van der Waals surface area contributed by atoms with Crippen LogP contribution in [0.1, 0.15) is 84.5 Å². The fourth-order valence-electron chi connectivity index (χ4n) is 3.50. The van der Waals surface area contributed by atoms with Crippen molar-refractivity contribution in [2.24, 2.45) is 0 Å². The molecule has 0 fully saturated rings. The van der Waals surface area contributed by atoms with E-state index in [1.807, 2.05) is 0 Å². The highest BCUT2D eigenvalue weighted by Gasteiger charge is 2.26. The summed E-state index contributed by atoms with van der Waals surface area (Å²) < 4.78 is 0. The molecule has 0 aliphatic heterocycles. The summed E-state index contributed by atoms with van der Waals surface area (Å²) in [6.45, 7) is 15.2. The fraction of sp³-hybridized carbons (Fsp3) is 1.00. The molecule has 0 bridgehead atoms. The molecular formula is C21H48Si2. The van der Waals surface area contributed by atoms with Crippen LogP contribution in [0.3, 0.4) is 0 Å². The molecule has 0 aromatic carbocycles. The van der Waals surface area contributed by atoms with E-state index in [0.29, 0.717) is 0 Å². The zero-order valence-corrected chi connectivity index (χ0v) is 19.6. The van der Waals surface area contributed by atoms with Crippen molar-refractivity contribution < 1.29 is 0 Å². The van der Waals surface area contributed by atoms with Gasteiger partial charge in [0.25, 0.3) is 0 Å². The summed E-state index contributed by atoms with van der Waals surface area (Å²) >= 11 is 0. The molecule has 2 heteroatoms. The molecule has 0 amide bonds. The number of unbranched alkanes of at least 4 members (excludes halogenated alkanes) is 9. The molecule has 0 saturated heterocycles. The minimum atomic E-state index is -0.904. The molecule has 0 aliphatic rings. The van der Waals surface area contributed by atoms with E-state index in [2.05, 4.69) is 40.0 Å². The first-order chi connectivity index (χ1) is 10.8. The van der Waals surface area contributed by atoms with Gasteiger partial charge < -0.3 is 0 Å². The van der Waals surface area contributed by atoms with Gasteiger partial charge in [0.15, 0.2) is 0 Å².